The molecule has 1 aliphatic rings. The van der Waals surface area contributed by atoms with Gasteiger partial charge in [-0.15, -0.1) is 22.9 Å². The second-order valence-corrected chi connectivity index (χ2v) is 8.86. The number of hydrogen-bond donors (Lipinski definition) is 0. The Bertz CT molecular complexity index is 551. The molecule has 0 spiro atoms. The summed E-state index contributed by atoms with van der Waals surface area (Å²) in [5.41, 5.74) is 0.955. The minimum atomic E-state index is -3.38. The standard InChI is InChI=1S/C13H21ClN2O2S2/c1-11-9-13(19-12(11)10-14)20(17,18)15(2)7-8-16-5-3-4-6-16/h9H,3-8,10H2,1-2H3. The molecule has 0 atom stereocenters. The molecule has 1 aromatic heterocycles. The van der Waals surface area contributed by atoms with Crippen molar-refractivity contribution in [2.24, 2.45) is 0 Å². The summed E-state index contributed by atoms with van der Waals surface area (Å²) in [7, 11) is -1.72. The molecule has 0 aromatic carbocycles. The molecule has 1 aliphatic heterocycles. The highest BCUT2D eigenvalue weighted by atomic mass is 35.5. The van der Waals surface area contributed by atoms with Crippen LogP contribution in [0, 0.1) is 6.92 Å². The number of likely N-dealkylation sites (N-methyl/N-ethyl adjacent to an activating group) is 1. The predicted octanol–water partition coefficient (Wildman–Crippen LogP) is 2.51. The van der Waals surface area contributed by atoms with Crippen LogP contribution in [-0.4, -0.2) is 50.8 Å². The number of rotatable bonds is 6. The Labute approximate surface area is 130 Å². The van der Waals surface area contributed by atoms with Gasteiger partial charge in [0.05, 0.1) is 5.88 Å². The fourth-order valence-corrected chi connectivity index (χ4v) is 5.50. The first-order chi connectivity index (χ1) is 9.45. The lowest BCUT2D eigenvalue weighted by Crippen LogP contribution is -2.34. The SMILES string of the molecule is Cc1cc(S(=O)(=O)N(C)CCN2CCCC2)sc1CCl. The number of hydrogen-bond acceptors (Lipinski definition) is 4. The highest BCUT2D eigenvalue weighted by Gasteiger charge is 2.24. The molecular weight excluding hydrogens is 316 g/mol. The number of sulfonamides is 1. The number of thiophene rings is 1. The molecule has 0 aliphatic carbocycles. The topological polar surface area (TPSA) is 40.6 Å². The van der Waals surface area contributed by atoms with Crippen molar-refractivity contribution >= 4 is 33.0 Å². The second kappa shape index (κ2) is 6.75. The zero-order valence-electron chi connectivity index (χ0n) is 11.9. The van der Waals surface area contributed by atoms with Gasteiger partial charge in [-0.1, -0.05) is 0 Å². The third kappa shape index (κ3) is 3.54. The highest BCUT2D eigenvalue weighted by molar-refractivity contribution is 7.91. The van der Waals surface area contributed by atoms with Crippen LogP contribution >= 0.6 is 22.9 Å². The minimum Gasteiger partial charge on any atom is -0.302 e. The van der Waals surface area contributed by atoms with E-state index in [4.69, 9.17) is 11.6 Å². The fourth-order valence-electron chi connectivity index (χ4n) is 2.31. The van der Waals surface area contributed by atoms with Crippen molar-refractivity contribution in [1.82, 2.24) is 9.21 Å². The molecule has 7 heteroatoms. The Morgan fingerprint density at radius 3 is 2.60 bits per heavy atom. The van der Waals surface area contributed by atoms with Crippen LogP contribution in [0.15, 0.2) is 10.3 Å². The third-order valence-corrected chi connectivity index (χ3v) is 7.68. The first kappa shape index (κ1) is 16.2. The van der Waals surface area contributed by atoms with Crippen LogP contribution in [-0.2, 0) is 15.9 Å². The first-order valence-electron chi connectivity index (χ1n) is 6.79. The molecule has 20 heavy (non-hydrogen) atoms. The lowest BCUT2D eigenvalue weighted by molar-refractivity contribution is 0.310. The van der Waals surface area contributed by atoms with Crippen molar-refractivity contribution in [3.63, 3.8) is 0 Å². The minimum absolute atomic E-state index is 0.365. The normalized spacial score (nSPS) is 17.2. The van der Waals surface area contributed by atoms with Gasteiger partial charge in [-0.25, -0.2) is 8.42 Å². The van der Waals surface area contributed by atoms with Crippen molar-refractivity contribution < 1.29 is 8.42 Å². The van der Waals surface area contributed by atoms with Gasteiger partial charge in [-0.2, -0.15) is 4.31 Å². The molecule has 1 saturated heterocycles. The summed E-state index contributed by atoms with van der Waals surface area (Å²) in [6.07, 6.45) is 2.44. The first-order valence-corrected chi connectivity index (χ1v) is 9.58. The molecule has 0 unspecified atom stereocenters. The van der Waals surface area contributed by atoms with E-state index in [1.165, 1.54) is 28.5 Å². The van der Waals surface area contributed by atoms with Crippen LogP contribution in [0.5, 0.6) is 0 Å². The van der Waals surface area contributed by atoms with E-state index < -0.39 is 10.0 Å². The number of halogens is 1. The van der Waals surface area contributed by atoms with Crippen molar-refractivity contribution in [3.8, 4) is 0 Å². The highest BCUT2D eigenvalue weighted by Crippen LogP contribution is 2.29. The molecule has 0 radical (unpaired) electrons. The van der Waals surface area contributed by atoms with E-state index in [-0.39, 0.29) is 0 Å². The molecular formula is C13H21ClN2O2S2. The summed E-state index contributed by atoms with van der Waals surface area (Å²) in [6, 6.07) is 1.73. The molecule has 0 N–H and O–H groups in total. The zero-order valence-corrected chi connectivity index (χ0v) is 14.3. The van der Waals surface area contributed by atoms with E-state index in [1.54, 1.807) is 13.1 Å². The van der Waals surface area contributed by atoms with E-state index in [2.05, 4.69) is 4.90 Å². The van der Waals surface area contributed by atoms with E-state index in [1.807, 2.05) is 6.92 Å². The Hall–Kier alpha value is -0.140. The maximum Gasteiger partial charge on any atom is 0.252 e. The third-order valence-electron chi connectivity index (χ3n) is 3.71. The molecule has 1 aromatic rings. The van der Waals surface area contributed by atoms with Crippen molar-refractivity contribution in [3.05, 3.63) is 16.5 Å². The molecule has 2 rings (SSSR count). The molecule has 4 nitrogen and oxygen atoms in total. The molecule has 2 heterocycles. The Morgan fingerprint density at radius 2 is 2.05 bits per heavy atom. The number of nitrogens with zero attached hydrogens (tertiary/aromatic N) is 2. The predicted molar refractivity (Wildman–Crippen MR) is 84.1 cm³/mol. The van der Waals surface area contributed by atoms with Crippen LogP contribution in [0.4, 0.5) is 0 Å². The van der Waals surface area contributed by atoms with Gasteiger partial charge in [0.15, 0.2) is 0 Å². The lowest BCUT2D eigenvalue weighted by Gasteiger charge is -2.20. The quantitative estimate of drug-likeness (QED) is 0.749. The van der Waals surface area contributed by atoms with Crippen LogP contribution in [0.25, 0.3) is 0 Å². The second-order valence-electron chi connectivity index (χ2n) is 5.18. The summed E-state index contributed by atoms with van der Waals surface area (Å²) in [4.78, 5) is 3.24. The maximum absolute atomic E-state index is 12.5. The van der Waals surface area contributed by atoms with Gasteiger partial charge in [0.2, 0.25) is 0 Å². The average Bonchev–Trinajstić information content (AvgIpc) is 3.04. The van der Waals surface area contributed by atoms with Crippen molar-refractivity contribution in [2.45, 2.75) is 29.9 Å². The van der Waals surface area contributed by atoms with Crippen LogP contribution < -0.4 is 0 Å². The van der Waals surface area contributed by atoms with Gasteiger partial charge in [0, 0.05) is 25.0 Å². The summed E-state index contributed by atoms with van der Waals surface area (Å²) in [6.45, 7) is 5.42. The van der Waals surface area contributed by atoms with Gasteiger partial charge < -0.3 is 4.90 Å². The van der Waals surface area contributed by atoms with Gasteiger partial charge in [0.1, 0.15) is 4.21 Å². The summed E-state index contributed by atoms with van der Waals surface area (Å²) in [5, 5.41) is 0. The Balaban J connectivity index is 2.03. The molecule has 0 saturated carbocycles. The summed E-state index contributed by atoms with van der Waals surface area (Å²) in [5.74, 6) is 0.365. The van der Waals surface area contributed by atoms with E-state index >= 15 is 0 Å². The van der Waals surface area contributed by atoms with Gasteiger partial charge in [-0.05, 0) is 44.5 Å². The maximum atomic E-state index is 12.5. The smallest absolute Gasteiger partial charge is 0.252 e. The monoisotopic (exact) mass is 336 g/mol. The lowest BCUT2D eigenvalue weighted by atomic mass is 10.3. The average molecular weight is 337 g/mol. The molecule has 1 fully saturated rings. The molecule has 0 bridgehead atoms. The Morgan fingerprint density at radius 1 is 1.40 bits per heavy atom. The molecule has 0 amide bonds. The van der Waals surface area contributed by atoms with E-state index in [0.29, 0.717) is 16.6 Å². The number of aryl methyl sites for hydroxylation is 1. The van der Waals surface area contributed by atoms with Gasteiger partial charge in [0.25, 0.3) is 10.0 Å². The fraction of sp³-hybridized carbons (Fsp3) is 0.692. The summed E-state index contributed by atoms with van der Waals surface area (Å²) >= 11 is 7.10. The van der Waals surface area contributed by atoms with Crippen LogP contribution in [0.1, 0.15) is 23.3 Å². The van der Waals surface area contributed by atoms with Crippen molar-refractivity contribution in [1.29, 1.82) is 0 Å². The summed E-state index contributed by atoms with van der Waals surface area (Å²) < 4.78 is 26.8. The molecule has 114 valence electrons. The van der Waals surface area contributed by atoms with Gasteiger partial charge >= 0.3 is 0 Å². The number of alkyl halides is 1. The van der Waals surface area contributed by atoms with Crippen LogP contribution in [0.3, 0.4) is 0 Å². The largest absolute Gasteiger partial charge is 0.302 e. The number of likely N-dealkylation sites (tertiary alicyclic amines) is 1. The van der Waals surface area contributed by atoms with Crippen molar-refractivity contribution in [2.75, 3.05) is 33.2 Å². The zero-order chi connectivity index (χ0) is 14.8. The van der Waals surface area contributed by atoms with E-state index in [9.17, 15) is 8.42 Å². The van der Waals surface area contributed by atoms with Gasteiger partial charge in [-0.3, -0.25) is 0 Å². The van der Waals surface area contributed by atoms with Crippen LogP contribution in [0.2, 0.25) is 0 Å². The Kier molecular flexibility index (Phi) is 5.48. The van der Waals surface area contributed by atoms with E-state index in [0.717, 1.165) is 30.1 Å².